The molecule has 2 aliphatic rings. The maximum absolute atomic E-state index is 12.2. The molecule has 0 N–H and O–H groups in total. The summed E-state index contributed by atoms with van der Waals surface area (Å²) in [5.74, 6) is 1.17. The number of rotatable bonds is 5. The van der Waals surface area contributed by atoms with Crippen molar-refractivity contribution in [3.05, 3.63) is 22.3 Å². The van der Waals surface area contributed by atoms with E-state index in [9.17, 15) is 4.79 Å². The first-order chi connectivity index (χ1) is 11.6. The molecule has 2 fully saturated rings. The number of halogens is 2. The van der Waals surface area contributed by atoms with Crippen molar-refractivity contribution in [2.24, 2.45) is 5.92 Å². The molecule has 1 atom stereocenters. The van der Waals surface area contributed by atoms with Crippen LogP contribution in [0.3, 0.4) is 0 Å². The monoisotopic (exact) mass is 373 g/mol. The highest BCUT2D eigenvalue weighted by atomic mass is 35.5. The minimum Gasteiger partial charge on any atom is -0.381 e. The van der Waals surface area contributed by atoms with E-state index in [0.29, 0.717) is 54.6 Å². The Bertz CT molecular complexity index is 574. The van der Waals surface area contributed by atoms with E-state index in [-0.39, 0.29) is 12.5 Å². The number of piperazine rings is 1. The molecule has 2 saturated heterocycles. The molecule has 1 amide bonds. The molecule has 1 unspecified atom stereocenters. The molecule has 6 nitrogen and oxygen atoms in total. The van der Waals surface area contributed by atoms with E-state index in [1.54, 1.807) is 12.3 Å². The number of carbonyl (C=O) groups excluding carboxylic acids is 1. The second kappa shape index (κ2) is 8.34. The van der Waals surface area contributed by atoms with Gasteiger partial charge in [-0.15, -0.1) is 0 Å². The van der Waals surface area contributed by atoms with Gasteiger partial charge in [-0.3, -0.25) is 4.79 Å². The lowest BCUT2D eigenvalue weighted by Crippen LogP contribution is -2.50. The Morgan fingerprint density at radius 1 is 1.33 bits per heavy atom. The highest BCUT2D eigenvalue weighted by molar-refractivity contribution is 6.36. The Kier molecular flexibility index (Phi) is 6.16. The predicted octanol–water partition coefficient (Wildman–Crippen LogP) is 2.09. The van der Waals surface area contributed by atoms with E-state index in [1.165, 1.54) is 0 Å². The van der Waals surface area contributed by atoms with Crippen molar-refractivity contribution in [2.45, 2.75) is 6.42 Å². The third-order valence-electron chi connectivity index (χ3n) is 4.32. The van der Waals surface area contributed by atoms with Gasteiger partial charge in [0.05, 0.1) is 23.3 Å². The zero-order valence-electron chi connectivity index (χ0n) is 13.4. The van der Waals surface area contributed by atoms with E-state index < -0.39 is 0 Å². The van der Waals surface area contributed by atoms with E-state index in [0.717, 1.165) is 19.6 Å². The van der Waals surface area contributed by atoms with Crippen molar-refractivity contribution >= 4 is 34.9 Å². The number of anilines is 1. The summed E-state index contributed by atoms with van der Waals surface area (Å²) in [6.45, 7) is 4.91. The van der Waals surface area contributed by atoms with Crippen molar-refractivity contribution in [3.63, 3.8) is 0 Å². The maximum atomic E-state index is 12.2. The topological polar surface area (TPSA) is 54.9 Å². The van der Waals surface area contributed by atoms with Gasteiger partial charge in [-0.05, 0) is 12.5 Å². The standard InChI is InChI=1S/C16H21Cl2N3O3/c17-13-7-14(18)16(19-8-13)21-4-2-20(3-5-21)15(22)11-24-10-12-1-6-23-9-12/h7-8,12H,1-6,9-11H2. The molecule has 1 aromatic rings. The van der Waals surface area contributed by atoms with Crippen LogP contribution in [-0.2, 0) is 14.3 Å². The molecule has 24 heavy (non-hydrogen) atoms. The third kappa shape index (κ3) is 4.51. The zero-order valence-corrected chi connectivity index (χ0v) is 14.9. The number of hydrogen-bond acceptors (Lipinski definition) is 5. The van der Waals surface area contributed by atoms with Crippen LogP contribution in [0.25, 0.3) is 0 Å². The largest absolute Gasteiger partial charge is 0.381 e. The van der Waals surface area contributed by atoms with Crippen LogP contribution in [0.2, 0.25) is 10.0 Å². The van der Waals surface area contributed by atoms with Gasteiger partial charge in [-0.1, -0.05) is 23.2 Å². The van der Waals surface area contributed by atoms with Gasteiger partial charge in [-0.2, -0.15) is 0 Å². The summed E-state index contributed by atoms with van der Waals surface area (Å²) >= 11 is 12.1. The van der Waals surface area contributed by atoms with Gasteiger partial charge in [0.25, 0.3) is 0 Å². The van der Waals surface area contributed by atoms with Crippen molar-refractivity contribution in [1.29, 1.82) is 0 Å². The van der Waals surface area contributed by atoms with E-state index in [2.05, 4.69) is 9.88 Å². The SMILES string of the molecule is O=C(COCC1CCOC1)N1CCN(c2ncc(Cl)cc2Cl)CC1. The molecular weight excluding hydrogens is 353 g/mol. The van der Waals surface area contributed by atoms with Crippen LogP contribution >= 0.6 is 23.2 Å². The van der Waals surface area contributed by atoms with Crippen molar-refractivity contribution < 1.29 is 14.3 Å². The van der Waals surface area contributed by atoms with Gasteiger partial charge >= 0.3 is 0 Å². The molecule has 8 heteroatoms. The van der Waals surface area contributed by atoms with Crippen LogP contribution in [0.15, 0.2) is 12.3 Å². The number of ether oxygens (including phenoxy) is 2. The van der Waals surface area contributed by atoms with Gasteiger partial charge in [-0.25, -0.2) is 4.98 Å². The van der Waals surface area contributed by atoms with Crippen LogP contribution in [-0.4, -0.2) is 68.4 Å². The van der Waals surface area contributed by atoms with Crippen molar-refractivity contribution in [2.75, 3.05) is 57.5 Å². The molecule has 0 saturated carbocycles. The number of carbonyl (C=O) groups is 1. The first-order valence-corrected chi connectivity index (χ1v) is 8.88. The summed E-state index contributed by atoms with van der Waals surface area (Å²) < 4.78 is 10.8. The average molecular weight is 374 g/mol. The molecule has 0 aromatic carbocycles. The Hall–Kier alpha value is -1.08. The fourth-order valence-corrected chi connectivity index (χ4v) is 3.43. The number of amides is 1. The molecule has 3 rings (SSSR count). The van der Waals surface area contributed by atoms with Gasteiger partial charge < -0.3 is 19.3 Å². The lowest BCUT2D eigenvalue weighted by atomic mass is 10.1. The van der Waals surface area contributed by atoms with Gasteiger partial charge in [0.1, 0.15) is 12.4 Å². The zero-order chi connectivity index (χ0) is 16.9. The lowest BCUT2D eigenvalue weighted by Gasteiger charge is -2.35. The molecule has 0 bridgehead atoms. The first kappa shape index (κ1) is 17.7. The molecule has 1 aromatic heterocycles. The Labute approximate surface area is 151 Å². The highest BCUT2D eigenvalue weighted by Gasteiger charge is 2.24. The lowest BCUT2D eigenvalue weighted by molar-refractivity contribution is -0.136. The molecule has 0 radical (unpaired) electrons. The molecular formula is C16H21Cl2N3O3. The minimum absolute atomic E-state index is 0.0312. The van der Waals surface area contributed by atoms with Crippen LogP contribution in [0.4, 0.5) is 5.82 Å². The number of aromatic nitrogens is 1. The summed E-state index contributed by atoms with van der Waals surface area (Å²) in [7, 11) is 0. The summed E-state index contributed by atoms with van der Waals surface area (Å²) in [5, 5.41) is 1.05. The Balaban J connectivity index is 1.43. The highest BCUT2D eigenvalue weighted by Crippen LogP contribution is 2.26. The maximum Gasteiger partial charge on any atom is 0.248 e. The van der Waals surface area contributed by atoms with E-state index >= 15 is 0 Å². The Morgan fingerprint density at radius 2 is 2.12 bits per heavy atom. The number of nitrogens with zero attached hydrogens (tertiary/aromatic N) is 3. The molecule has 3 heterocycles. The molecule has 2 aliphatic heterocycles. The second-order valence-corrected chi connectivity index (χ2v) is 6.92. The molecule has 0 aliphatic carbocycles. The fourth-order valence-electron chi connectivity index (χ4n) is 2.93. The van der Waals surface area contributed by atoms with Gasteiger partial charge in [0, 0.05) is 44.9 Å². The number of pyridine rings is 1. The van der Waals surface area contributed by atoms with Crippen LogP contribution < -0.4 is 4.90 Å². The summed E-state index contributed by atoms with van der Waals surface area (Å²) in [6, 6.07) is 1.68. The van der Waals surface area contributed by atoms with E-state index in [4.69, 9.17) is 32.7 Å². The summed E-state index contributed by atoms with van der Waals surface area (Å²) in [4.78, 5) is 20.4. The van der Waals surface area contributed by atoms with E-state index in [1.807, 2.05) is 4.90 Å². The normalized spacial score (nSPS) is 21.3. The average Bonchev–Trinajstić information content (AvgIpc) is 3.08. The van der Waals surface area contributed by atoms with Crippen LogP contribution in [0, 0.1) is 5.92 Å². The van der Waals surface area contributed by atoms with Crippen molar-refractivity contribution in [3.8, 4) is 0 Å². The van der Waals surface area contributed by atoms with Crippen molar-refractivity contribution in [1.82, 2.24) is 9.88 Å². The first-order valence-electron chi connectivity index (χ1n) is 8.13. The summed E-state index contributed by atoms with van der Waals surface area (Å²) in [5.41, 5.74) is 0. The van der Waals surface area contributed by atoms with Gasteiger partial charge in [0.2, 0.25) is 5.91 Å². The number of hydrogen-bond donors (Lipinski definition) is 0. The third-order valence-corrected chi connectivity index (χ3v) is 4.81. The van der Waals surface area contributed by atoms with Crippen LogP contribution in [0.1, 0.15) is 6.42 Å². The summed E-state index contributed by atoms with van der Waals surface area (Å²) in [6.07, 6.45) is 2.60. The Morgan fingerprint density at radius 3 is 2.79 bits per heavy atom. The smallest absolute Gasteiger partial charge is 0.248 e. The quantitative estimate of drug-likeness (QED) is 0.790. The fraction of sp³-hybridized carbons (Fsp3) is 0.625. The predicted molar refractivity (Wildman–Crippen MR) is 92.8 cm³/mol. The minimum atomic E-state index is 0.0312. The molecule has 0 spiro atoms. The second-order valence-electron chi connectivity index (χ2n) is 6.07. The van der Waals surface area contributed by atoms with Gasteiger partial charge in [0.15, 0.2) is 0 Å². The molecule has 132 valence electrons. The van der Waals surface area contributed by atoms with Crippen LogP contribution in [0.5, 0.6) is 0 Å².